The Morgan fingerprint density at radius 3 is 2.43 bits per heavy atom. The summed E-state index contributed by atoms with van der Waals surface area (Å²) < 4.78 is 5.44. The molecule has 3 aromatic rings. The number of rotatable bonds is 4. The van der Waals surface area contributed by atoms with Gasteiger partial charge in [0, 0.05) is 36.4 Å². The largest absolute Gasteiger partial charge is 0.381 e. The Bertz CT molecular complexity index is 1100. The fraction of sp³-hybridized carbons (Fsp3) is 0.296. The molecule has 0 saturated carbocycles. The smallest absolute Gasteiger partial charge is 0.0866 e. The molecule has 0 bridgehead atoms. The number of fused-ring (bicyclic) bond motifs is 1. The summed E-state index contributed by atoms with van der Waals surface area (Å²) in [5, 5.41) is 12.2. The molecule has 1 aliphatic rings. The van der Waals surface area contributed by atoms with Crippen molar-refractivity contribution in [2.24, 2.45) is 0 Å². The zero-order chi connectivity index (χ0) is 20.8. The fourth-order valence-electron chi connectivity index (χ4n) is 4.15. The molecule has 30 heavy (non-hydrogen) atoms. The van der Waals surface area contributed by atoms with Crippen LogP contribution in [0.5, 0.6) is 0 Å². The number of hydrogen-bond acceptors (Lipinski definition) is 3. The summed E-state index contributed by atoms with van der Waals surface area (Å²) in [6.07, 6.45) is 1.51. The van der Waals surface area contributed by atoms with Crippen LogP contribution in [-0.2, 0) is 10.2 Å². The van der Waals surface area contributed by atoms with E-state index in [1.807, 2.05) is 12.1 Å². The Labute approximate surface area is 178 Å². The van der Waals surface area contributed by atoms with Gasteiger partial charge in [-0.1, -0.05) is 60.4 Å². The van der Waals surface area contributed by atoms with Gasteiger partial charge in [0.25, 0.3) is 0 Å². The Hall–Kier alpha value is -3.27. The summed E-state index contributed by atoms with van der Waals surface area (Å²) in [5.41, 5.74) is 2.85. The lowest BCUT2D eigenvalue weighted by molar-refractivity contribution is 0.0675. The Kier molecular flexibility index (Phi) is 6.03. The van der Waals surface area contributed by atoms with Crippen molar-refractivity contribution in [3.8, 4) is 17.9 Å². The highest BCUT2D eigenvalue weighted by Gasteiger charge is 2.34. The number of nitriles is 1. The van der Waals surface area contributed by atoms with Gasteiger partial charge in [-0.3, -0.25) is 0 Å². The first-order chi connectivity index (χ1) is 14.8. The summed E-state index contributed by atoms with van der Waals surface area (Å²) in [6.45, 7) is 5.03. The molecule has 0 atom stereocenters. The Balaban J connectivity index is 1.50. The van der Waals surface area contributed by atoms with Crippen LogP contribution in [0.25, 0.3) is 10.8 Å². The Morgan fingerprint density at radius 1 is 0.967 bits per heavy atom. The van der Waals surface area contributed by atoms with E-state index in [0.29, 0.717) is 19.8 Å². The highest BCUT2D eigenvalue weighted by molar-refractivity contribution is 5.94. The van der Waals surface area contributed by atoms with Crippen LogP contribution in [0.15, 0.2) is 66.7 Å². The van der Waals surface area contributed by atoms with Gasteiger partial charge in [-0.15, -0.1) is 0 Å². The summed E-state index contributed by atoms with van der Waals surface area (Å²) in [5.74, 6) is 6.62. The van der Waals surface area contributed by atoms with Crippen molar-refractivity contribution in [2.75, 3.05) is 31.2 Å². The number of benzene rings is 3. The van der Waals surface area contributed by atoms with Crippen molar-refractivity contribution in [2.45, 2.75) is 25.2 Å². The van der Waals surface area contributed by atoms with Crippen LogP contribution in [0, 0.1) is 23.2 Å². The SMILES string of the molecule is CCN(CC#Cc1ccc(C2(C#N)CCOCC2)cc1)c1cccc2ccccc12. The van der Waals surface area contributed by atoms with Gasteiger partial charge < -0.3 is 9.64 Å². The molecule has 0 amide bonds. The minimum Gasteiger partial charge on any atom is -0.381 e. The van der Waals surface area contributed by atoms with Gasteiger partial charge in [-0.2, -0.15) is 5.26 Å². The van der Waals surface area contributed by atoms with Crippen LogP contribution in [-0.4, -0.2) is 26.3 Å². The summed E-state index contributed by atoms with van der Waals surface area (Å²) in [4.78, 5) is 2.30. The van der Waals surface area contributed by atoms with Crippen molar-refractivity contribution >= 4 is 16.5 Å². The molecule has 1 saturated heterocycles. The van der Waals surface area contributed by atoms with E-state index >= 15 is 0 Å². The number of hydrogen-bond donors (Lipinski definition) is 0. The summed E-state index contributed by atoms with van der Waals surface area (Å²) >= 11 is 0. The monoisotopic (exact) mass is 394 g/mol. The van der Waals surface area contributed by atoms with E-state index in [4.69, 9.17) is 4.74 Å². The number of nitrogens with zero attached hydrogens (tertiary/aromatic N) is 2. The predicted molar refractivity (Wildman–Crippen MR) is 122 cm³/mol. The average molecular weight is 395 g/mol. The highest BCUT2D eigenvalue weighted by Crippen LogP contribution is 2.34. The molecular weight excluding hydrogens is 368 g/mol. The Morgan fingerprint density at radius 2 is 1.70 bits per heavy atom. The van der Waals surface area contributed by atoms with Gasteiger partial charge in [0.05, 0.1) is 18.0 Å². The lowest BCUT2D eigenvalue weighted by atomic mass is 9.75. The van der Waals surface area contributed by atoms with Crippen molar-refractivity contribution in [3.05, 3.63) is 77.9 Å². The molecule has 0 N–H and O–H groups in total. The molecule has 0 unspecified atom stereocenters. The van der Waals surface area contributed by atoms with Crippen molar-refractivity contribution in [1.29, 1.82) is 5.26 Å². The molecule has 1 aliphatic heterocycles. The second kappa shape index (κ2) is 9.04. The first kappa shape index (κ1) is 20.0. The molecule has 1 fully saturated rings. The van der Waals surface area contributed by atoms with E-state index in [0.717, 1.165) is 30.5 Å². The lowest BCUT2D eigenvalue weighted by Gasteiger charge is -2.31. The van der Waals surface area contributed by atoms with Crippen LogP contribution >= 0.6 is 0 Å². The van der Waals surface area contributed by atoms with Gasteiger partial charge in [-0.25, -0.2) is 0 Å². The minimum atomic E-state index is -0.419. The summed E-state index contributed by atoms with van der Waals surface area (Å²) in [7, 11) is 0. The van der Waals surface area contributed by atoms with Crippen LogP contribution in [0.1, 0.15) is 30.9 Å². The topological polar surface area (TPSA) is 36.3 Å². The third-order valence-electron chi connectivity index (χ3n) is 5.99. The first-order valence-electron chi connectivity index (χ1n) is 10.6. The van der Waals surface area contributed by atoms with Crippen molar-refractivity contribution < 1.29 is 4.74 Å². The quantitative estimate of drug-likeness (QED) is 0.564. The third-order valence-corrected chi connectivity index (χ3v) is 5.99. The molecule has 3 aromatic carbocycles. The van der Waals surface area contributed by atoms with E-state index in [-0.39, 0.29) is 0 Å². The van der Waals surface area contributed by atoms with Gasteiger partial charge in [-0.05, 0) is 48.9 Å². The molecule has 3 nitrogen and oxygen atoms in total. The third kappa shape index (κ3) is 4.04. The van der Waals surface area contributed by atoms with Crippen LogP contribution < -0.4 is 4.90 Å². The highest BCUT2D eigenvalue weighted by atomic mass is 16.5. The maximum absolute atomic E-state index is 9.74. The van der Waals surface area contributed by atoms with Crippen molar-refractivity contribution in [1.82, 2.24) is 0 Å². The molecular formula is C27H26N2O. The molecule has 0 aliphatic carbocycles. The second-order valence-corrected chi connectivity index (χ2v) is 7.70. The number of ether oxygens (including phenoxy) is 1. The maximum Gasteiger partial charge on any atom is 0.0866 e. The van der Waals surface area contributed by atoms with Gasteiger partial charge in [0.15, 0.2) is 0 Å². The van der Waals surface area contributed by atoms with Crippen LogP contribution in [0.3, 0.4) is 0 Å². The molecule has 4 rings (SSSR count). The van der Waals surface area contributed by atoms with Gasteiger partial charge in [0.2, 0.25) is 0 Å². The second-order valence-electron chi connectivity index (χ2n) is 7.70. The standard InChI is InChI=1S/C27H26N2O/c1-2-29(26-11-5-9-23-8-3-4-10-25(23)26)18-6-7-22-12-14-24(15-13-22)27(21-28)16-19-30-20-17-27/h3-5,8-15H,2,16-20H2,1H3. The molecule has 0 radical (unpaired) electrons. The van der Waals surface area contributed by atoms with Crippen LogP contribution in [0.4, 0.5) is 5.69 Å². The molecule has 0 aromatic heterocycles. The fourth-order valence-corrected chi connectivity index (χ4v) is 4.15. The van der Waals surface area contributed by atoms with Gasteiger partial charge >= 0.3 is 0 Å². The van der Waals surface area contributed by atoms with E-state index in [1.54, 1.807) is 0 Å². The zero-order valence-corrected chi connectivity index (χ0v) is 17.4. The van der Waals surface area contributed by atoms with Gasteiger partial charge in [0.1, 0.15) is 0 Å². The molecule has 3 heteroatoms. The maximum atomic E-state index is 9.74. The minimum absolute atomic E-state index is 0.419. The summed E-state index contributed by atoms with van der Waals surface area (Å²) in [6, 6.07) is 25.6. The molecule has 1 heterocycles. The van der Waals surface area contributed by atoms with E-state index in [1.165, 1.54) is 16.5 Å². The average Bonchev–Trinajstić information content (AvgIpc) is 2.82. The predicted octanol–water partition coefficient (Wildman–Crippen LogP) is 5.29. The van der Waals surface area contributed by atoms with E-state index in [9.17, 15) is 5.26 Å². The molecule has 0 spiro atoms. The first-order valence-corrected chi connectivity index (χ1v) is 10.6. The molecule has 150 valence electrons. The number of anilines is 1. The van der Waals surface area contributed by atoms with E-state index < -0.39 is 5.41 Å². The lowest BCUT2D eigenvalue weighted by Crippen LogP contribution is -2.32. The zero-order valence-electron chi connectivity index (χ0n) is 17.4. The normalized spacial score (nSPS) is 15.1. The van der Waals surface area contributed by atoms with Crippen LogP contribution in [0.2, 0.25) is 0 Å². The van der Waals surface area contributed by atoms with Crippen molar-refractivity contribution in [3.63, 3.8) is 0 Å². The van der Waals surface area contributed by atoms with E-state index in [2.05, 4.69) is 84.3 Å².